The van der Waals surface area contributed by atoms with Crippen molar-refractivity contribution in [1.29, 1.82) is 0 Å². The maximum Gasteiger partial charge on any atom is 0.346 e. The fourth-order valence-corrected chi connectivity index (χ4v) is 3.44. The number of carbonyl (C=O) groups is 1. The van der Waals surface area contributed by atoms with Crippen LogP contribution < -0.4 is 5.32 Å². The standard InChI is InChI=1S/C12H12ClNO2S2/c1-7(9-2-3-10(13)18-9)14-6-8-4-5-17-11(8)12(15)16/h2-5,7,14H,6H2,1H3,(H,15,16). The van der Waals surface area contributed by atoms with Gasteiger partial charge in [-0.05, 0) is 36.1 Å². The van der Waals surface area contributed by atoms with E-state index in [9.17, 15) is 4.79 Å². The van der Waals surface area contributed by atoms with Gasteiger partial charge in [0.2, 0.25) is 0 Å². The zero-order valence-electron chi connectivity index (χ0n) is 9.64. The number of nitrogens with one attached hydrogen (secondary N) is 1. The minimum Gasteiger partial charge on any atom is -0.477 e. The van der Waals surface area contributed by atoms with Crippen LogP contribution in [0.1, 0.15) is 33.1 Å². The summed E-state index contributed by atoms with van der Waals surface area (Å²) in [6.45, 7) is 2.58. The summed E-state index contributed by atoms with van der Waals surface area (Å²) in [6, 6.07) is 5.85. The molecule has 6 heteroatoms. The Bertz CT molecular complexity index is 550. The van der Waals surface area contributed by atoms with Gasteiger partial charge in [0.15, 0.2) is 0 Å². The smallest absolute Gasteiger partial charge is 0.346 e. The number of halogens is 1. The quantitative estimate of drug-likeness (QED) is 0.877. The molecule has 18 heavy (non-hydrogen) atoms. The summed E-state index contributed by atoms with van der Waals surface area (Å²) in [4.78, 5) is 12.5. The molecule has 2 N–H and O–H groups in total. The van der Waals surface area contributed by atoms with E-state index in [-0.39, 0.29) is 6.04 Å². The molecule has 0 aliphatic rings. The minimum absolute atomic E-state index is 0.157. The van der Waals surface area contributed by atoms with Gasteiger partial charge in [0.05, 0.1) is 4.34 Å². The lowest BCUT2D eigenvalue weighted by molar-refractivity contribution is 0.0701. The molecule has 0 aliphatic carbocycles. The molecule has 2 heterocycles. The molecule has 0 bridgehead atoms. The van der Waals surface area contributed by atoms with Crippen LogP contribution in [0.5, 0.6) is 0 Å². The van der Waals surface area contributed by atoms with Crippen molar-refractivity contribution in [2.24, 2.45) is 0 Å². The molecule has 0 spiro atoms. The molecule has 2 rings (SSSR count). The van der Waals surface area contributed by atoms with Crippen LogP contribution in [0.3, 0.4) is 0 Å². The normalized spacial score (nSPS) is 12.6. The van der Waals surface area contributed by atoms with Crippen molar-refractivity contribution in [3.8, 4) is 0 Å². The largest absolute Gasteiger partial charge is 0.477 e. The van der Waals surface area contributed by atoms with E-state index in [4.69, 9.17) is 16.7 Å². The second-order valence-electron chi connectivity index (χ2n) is 3.82. The average Bonchev–Trinajstić information content (AvgIpc) is 2.94. The van der Waals surface area contributed by atoms with Crippen LogP contribution in [-0.4, -0.2) is 11.1 Å². The third-order valence-corrected chi connectivity index (χ3v) is 4.92. The summed E-state index contributed by atoms with van der Waals surface area (Å²) in [5, 5.41) is 14.1. The lowest BCUT2D eigenvalue weighted by Gasteiger charge is -2.11. The van der Waals surface area contributed by atoms with E-state index >= 15 is 0 Å². The summed E-state index contributed by atoms with van der Waals surface area (Å²) < 4.78 is 0.764. The summed E-state index contributed by atoms with van der Waals surface area (Å²) in [6.07, 6.45) is 0. The van der Waals surface area contributed by atoms with E-state index in [1.807, 2.05) is 25.1 Å². The summed E-state index contributed by atoms with van der Waals surface area (Å²) >= 11 is 8.67. The molecule has 2 aromatic rings. The molecule has 96 valence electrons. The van der Waals surface area contributed by atoms with Crippen LogP contribution in [0.15, 0.2) is 23.6 Å². The Morgan fingerprint density at radius 1 is 1.50 bits per heavy atom. The van der Waals surface area contributed by atoms with Crippen LogP contribution in [0, 0.1) is 0 Å². The fourth-order valence-electron chi connectivity index (χ4n) is 1.59. The molecule has 0 aliphatic heterocycles. The van der Waals surface area contributed by atoms with Crippen molar-refractivity contribution in [1.82, 2.24) is 5.32 Å². The number of carboxylic acid groups (broad SMARTS) is 1. The molecule has 3 nitrogen and oxygen atoms in total. The summed E-state index contributed by atoms with van der Waals surface area (Å²) in [5.74, 6) is -0.867. The number of hydrogen-bond donors (Lipinski definition) is 2. The van der Waals surface area contributed by atoms with Crippen molar-refractivity contribution in [2.45, 2.75) is 19.5 Å². The summed E-state index contributed by atoms with van der Waals surface area (Å²) in [7, 11) is 0. The molecule has 2 aromatic heterocycles. The molecule has 1 unspecified atom stereocenters. The molecule has 0 fully saturated rings. The highest BCUT2D eigenvalue weighted by Crippen LogP contribution is 2.27. The molecule has 0 saturated carbocycles. The maximum absolute atomic E-state index is 11.0. The molecular formula is C12H12ClNO2S2. The first-order valence-electron chi connectivity index (χ1n) is 5.36. The third-order valence-electron chi connectivity index (χ3n) is 2.56. The van der Waals surface area contributed by atoms with E-state index in [2.05, 4.69) is 5.32 Å². The molecule has 0 saturated heterocycles. The number of hydrogen-bond acceptors (Lipinski definition) is 4. The Labute approximate surface area is 118 Å². The highest BCUT2D eigenvalue weighted by atomic mass is 35.5. The van der Waals surface area contributed by atoms with Crippen LogP contribution in [0.25, 0.3) is 0 Å². The third kappa shape index (κ3) is 3.11. The number of carboxylic acids is 1. The van der Waals surface area contributed by atoms with Gasteiger partial charge in [-0.2, -0.15) is 0 Å². The van der Waals surface area contributed by atoms with E-state index in [0.717, 1.165) is 14.8 Å². The van der Waals surface area contributed by atoms with Crippen LogP contribution in [-0.2, 0) is 6.54 Å². The van der Waals surface area contributed by atoms with Crippen LogP contribution in [0.4, 0.5) is 0 Å². The fraction of sp³-hybridized carbons (Fsp3) is 0.250. The van der Waals surface area contributed by atoms with Gasteiger partial charge in [0.1, 0.15) is 4.88 Å². The maximum atomic E-state index is 11.0. The predicted octanol–water partition coefficient (Wildman–Crippen LogP) is 4.01. The Morgan fingerprint density at radius 2 is 2.28 bits per heavy atom. The first-order chi connectivity index (χ1) is 8.58. The van der Waals surface area contributed by atoms with Gasteiger partial charge in [-0.25, -0.2) is 4.79 Å². The predicted molar refractivity (Wildman–Crippen MR) is 75.9 cm³/mol. The van der Waals surface area contributed by atoms with Crippen molar-refractivity contribution >= 4 is 40.2 Å². The van der Waals surface area contributed by atoms with Crippen molar-refractivity contribution in [3.05, 3.63) is 43.2 Å². The molecule has 1 atom stereocenters. The first-order valence-corrected chi connectivity index (χ1v) is 7.43. The first kappa shape index (κ1) is 13.5. The second-order valence-corrected chi connectivity index (χ2v) is 6.49. The molecule has 0 radical (unpaired) electrons. The van der Waals surface area contributed by atoms with Gasteiger partial charge in [-0.15, -0.1) is 22.7 Å². The highest BCUT2D eigenvalue weighted by molar-refractivity contribution is 7.16. The lowest BCUT2D eigenvalue weighted by Crippen LogP contribution is -2.18. The van der Waals surface area contributed by atoms with Crippen molar-refractivity contribution in [2.75, 3.05) is 0 Å². The zero-order valence-corrected chi connectivity index (χ0v) is 12.0. The Morgan fingerprint density at radius 3 is 2.89 bits per heavy atom. The zero-order chi connectivity index (χ0) is 13.1. The number of rotatable bonds is 5. The SMILES string of the molecule is CC(NCc1ccsc1C(=O)O)c1ccc(Cl)s1. The number of thiophene rings is 2. The van der Waals surface area contributed by atoms with Gasteiger partial charge >= 0.3 is 5.97 Å². The van der Waals surface area contributed by atoms with E-state index in [1.165, 1.54) is 22.7 Å². The van der Waals surface area contributed by atoms with Crippen LogP contribution in [0.2, 0.25) is 4.34 Å². The van der Waals surface area contributed by atoms with Crippen LogP contribution >= 0.6 is 34.3 Å². The van der Waals surface area contributed by atoms with E-state index in [0.29, 0.717) is 11.4 Å². The Hall–Kier alpha value is -0.880. The van der Waals surface area contributed by atoms with Gasteiger partial charge in [0, 0.05) is 17.5 Å². The van der Waals surface area contributed by atoms with E-state index in [1.54, 1.807) is 5.38 Å². The lowest BCUT2D eigenvalue weighted by atomic mass is 10.2. The van der Waals surface area contributed by atoms with Gasteiger partial charge in [-0.3, -0.25) is 0 Å². The Balaban J connectivity index is 1.99. The van der Waals surface area contributed by atoms with Crippen molar-refractivity contribution < 1.29 is 9.90 Å². The van der Waals surface area contributed by atoms with E-state index < -0.39 is 5.97 Å². The van der Waals surface area contributed by atoms with Gasteiger partial charge in [0.25, 0.3) is 0 Å². The van der Waals surface area contributed by atoms with Crippen molar-refractivity contribution in [3.63, 3.8) is 0 Å². The topological polar surface area (TPSA) is 49.3 Å². The van der Waals surface area contributed by atoms with Gasteiger partial charge < -0.3 is 10.4 Å². The highest BCUT2D eigenvalue weighted by Gasteiger charge is 2.13. The summed E-state index contributed by atoms with van der Waals surface area (Å²) in [5.41, 5.74) is 0.821. The number of aromatic carboxylic acids is 1. The molecular weight excluding hydrogens is 290 g/mol. The molecule has 0 aromatic carbocycles. The second kappa shape index (κ2) is 5.84. The average molecular weight is 302 g/mol. The Kier molecular flexibility index (Phi) is 4.40. The minimum atomic E-state index is -0.867. The molecule has 0 amide bonds. The monoisotopic (exact) mass is 301 g/mol. The van der Waals surface area contributed by atoms with Gasteiger partial charge in [-0.1, -0.05) is 11.6 Å².